The van der Waals surface area contributed by atoms with Crippen LogP contribution in [0.25, 0.3) is 11.3 Å². The highest BCUT2D eigenvalue weighted by Crippen LogP contribution is 2.46. The van der Waals surface area contributed by atoms with Gasteiger partial charge in [-0.2, -0.15) is 18.2 Å². The van der Waals surface area contributed by atoms with E-state index in [2.05, 4.69) is 10.6 Å². The van der Waals surface area contributed by atoms with E-state index in [-0.39, 0.29) is 42.2 Å². The monoisotopic (exact) mass is 508 g/mol. The number of hydrogen-bond donors (Lipinski definition) is 6. The van der Waals surface area contributed by atoms with E-state index in [1.165, 1.54) is 35.2 Å². The Labute approximate surface area is 202 Å². The molecule has 0 saturated carbocycles. The molecule has 2 aromatic rings. The number of aliphatic hydroxyl groups excluding tert-OH is 1. The first kappa shape index (κ1) is 23.9. The minimum absolute atomic E-state index is 0.0239. The number of furan rings is 1. The zero-order valence-electron chi connectivity index (χ0n) is 18.8. The summed E-state index contributed by atoms with van der Waals surface area (Å²) >= 11 is 0. The summed E-state index contributed by atoms with van der Waals surface area (Å²) in [6, 6.07) is 5.87. The van der Waals surface area contributed by atoms with Crippen molar-refractivity contribution >= 4 is 17.9 Å². The molecule has 1 spiro atoms. The van der Waals surface area contributed by atoms with Crippen LogP contribution in [0.15, 0.2) is 40.8 Å². The van der Waals surface area contributed by atoms with Gasteiger partial charge in [0.1, 0.15) is 11.9 Å². The van der Waals surface area contributed by atoms with Crippen LogP contribution in [0.4, 0.5) is 13.2 Å². The molecule has 0 bridgehead atoms. The van der Waals surface area contributed by atoms with E-state index in [4.69, 9.17) is 20.0 Å². The minimum atomic E-state index is -4.62. The molecule has 36 heavy (non-hydrogen) atoms. The third-order valence-electron chi connectivity index (χ3n) is 7.08. The van der Waals surface area contributed by atoms with Crippen molar-refractivity contribution in [1.29, 1.82) is 10.8 Å². The summed E-state index contributed by atoms with van der Waals surface area (Å²) in [5.74, 6) is -2.53. The number of halogens is 3. The van der Waals surface area contributed by atoms with E-state index < -0.39 is 47.5 Å². The highest BCUT2D eigenvalue weighted by atomic mass is 19.4. The van der Waals surface area contributed by atoms with Crippen molar-refractivity contribution < 1.29 is 37.4 Å². The summed E-state index contributed by atoms with van der Waals surface area (Å²) < 4.78 is 51.2. The van der Waals surface area contributed by atoms with Crippen molar-refractivity contribution in [2.24, 2.45) is 5.92 Å². The molecule has 3 aliphatic heterocycles. The molecule has 3 fully saturated rings. The van der Waals surface area contributed by atoms with Crippen LogP contribution in [0.5, 0.6) is 0 Å². The number of hydroxylamine groups is 2. The second-order valence-corrected chi connectivity index (χ2v) is 8.90. The molecule has 11 nitrogen and oxygen atoms in total. The van der Waals surface area contributed by atoms with E-state index in [9.17, 15) is 28.3 Å². The smallest absolute Gasteiger partial charge is 0.417 e. The van der Waals surface area contributed by atoms with E-state index in [1.54, 1.807) is 6.92 Å². The first-order valence-electron chi connectivity index (χ1n) is 11.0. The van der Waals surface area contributed by atoms with E-state index >= 15 is 0 Å². The lowest BCUT2D eigenvalue weighted by molar-refractivity contribution is -0.170. The number of nitrogens with one attached hydrogen (secondary N) is 4. The molecule has 6 N–H and O–H groups in total. The van der Waals surface area contributed by atoms with Crippen LogP contribution < -0.4 is 10.6 Å². The number of nitrogens with zero attached hydrogens (tertiary/aromatic N) is 2. The lowest BCUT2D eigenvalue weighted by atomic mass is 9.82. The Hall–Kier alpha value is -3.78. The highest BCUT2D eigenvalue weighted by Gasteiger charge is 2.69. The van der Waals surface area contributed by atoms with E-state index in [0.29, 0.717) is 5.06 Å². The van der Waals surface area contributed by atoms with Crippen molar-refractivity contribution in [3.8, 4) is 11.3 Å². The van der Waals surface area contributed by atoms with Crippen molar-refractivity contribution in [1.82, 2.24) is 20.6 Å². The predicted molar refractivity (Wildman–Crippen MR) is 117 cm³/mol. The molecule has 3 aliphatic rings. The maximum Gasteiger partial charge on any atom is 0.417 e. The Morgan fingerprint density at radius 2 is 1.94 bits per heavy atom. The highest BCUT2D eigenvalue weighted by molar-refractivity contribution is 5.88. The summed E-state index contributed by atoms with van der Waals surface area (Å²) in [6.07, 6.45) is -5.51. The quantitative estimate of drug-likeness (QED) is 0.338. The van der Waals surface area contributed by atoms with E-state index in [0.717, 1.165) is 6.07 Å². The van der Waals surface area contributed by atoms with Gasteiger partial charge in [-0.05, 0) is 18.2 Å². The fourth-order valence-corrected chi connectivity index (χ4v) is 5.41. The fraction of sp³-hybridized carbons (Fsp3) is 0.409. The molecule has 1 aromatic carbocycles. The van der Waals surface area contributed by atoms with Gasteiger partial charge in [-0.1, -0.05) is 25.1 Å². The van der Waals surface area contributed by atoms with Gasteiger partial charge in [0.2, 0.25) is 11.7 Å². The standard InChI is InChI=1S/C22H23F3N6O5/c1-10-16(8-30-19(26)28-13(9-32)17-21(10,30)31(34)20(27)29-17)36-18(33)15-7-6-14(35-15)11-4-2-3-5-12(11)22(23,24)25/h2-7,10,13,16-17,32,34H,8-9H2,1H3,(H2,26,28)(H2,27,29)/t10?,13?,16-,17?,21?/m0/s1. The molecule has 0 aliphatic carbocycles. The van der Waals surface area contributed by atoms with Gasteiger partial charge in [-0.15, -0.1) is 0 Å². The van der Waals surface area contributed by atoms with Gasteiger partial charge >= 0.3 is 12.1 Å². The fourth-order valence-electron chi connectivity index (χ4n) is 5.41. The Bertz CT molecular complexity index is 1230. The molecule has 5 atom stereocenters. The number of benzene rings is 1. The molecule has 4 heterocycles. The first-order chi connectivity index (χ1) is 17.0. The molecule has 192 valence electrons. The van der Waals surface area contributed by atoms with Crippen molar-refractivity contribution in [2.75, 3.05) is 13.2 Å². The molecule has 0 amide bonds. The third kappa shape index (κ3) is 3.32. The molecule has 1 aromatic heterocycles. The van der Waals surface area contributed by atoms with Gasteiger partial charge in [-0.3, -0.25) is 16.0 Å². The van der Waals surface area contributed by atoms with Gasteiger partial charge in [0.15, 0.2) is 11.6 Å². The number of alkyl halides is 3. The lowest BCUT2D eigenvalue weighted by Gasteiger charge is -2.51. The minimum Gasteiger partial charge on any atom is -0.454 e. The molecule has 5 rings (SSSR count). The maximum atomic E-state index is 13.4. The number of hydrogen-bond acceptors (Lipinski definition) is 7. The van der Waals surface area contributed by atoms with Gasteiger partial charge in [-0.25, -0.2) is 4.79 Å². The Balaban J connectivity index is 1.41. The Kier molecular flexibility index (Phi) is 5.41. The van der Waals surface area contributed by atoms with Gasteiger partial charge in [0, 0.05) is 11.5 Å². The van der Waals surface area contributed by atoms with Crippen LogP contribution in [-0.4, -0.2) is 75.2 Å². The summed E-state index contributed by atoms with van der Waals surface area (Å²) in [7, 11) is 0. The number of ether oxygens (including phenoxy) is 1. The summed E-state index contributed by atoms with van der Waals surface area (Å²) in [5, 5.41) is 43.3. The van der Waals surface area contributed by atoms with Gasteiger partial charge < -0.3 is 29.8 Å². The van der Waals surface area contributed by atoms with Crippen LogP contribution >= 0.6 is 0 Å². The average molecular weight is 508 g/mol. The molecule has 14 heteroatoms. The van der Waals surface area contributed by atoms with Crippen molar-refractivity contribution in [3.05, 3.63) is 47.7 Å². The Morgan fingerprint density at radius 1 is 1.22 bits per heavy atom. The van der Waals surface area contributed by atoms with E-state index in [1.807, 2.05) is 0 Å². The van der Waals surface area contributed by atoms with Crippen LogP contribution in [0.2, 0.25) is 0 Å². The third-order valence-corrected chi connectivity index (χ3v) is 7.08. The summed E-state index contributed by atoms with van der Waals surface area (Å²) in [4.78, 5) is 14.4. The predicted octanol–water partition coefficient (Wildman–Crippen LogP) is 1.64. The molecular formula is C22H23F3N6O5. The van der Waals surface area contributed by atoms with Gasteiger partial charge in [0.25, 0.3) is 0 Å². The summed E-state index contributed by atoms with van der Waals surface area (Å²) in [5.41, 5.74) is -2.52. The van der Waals surface area contributed by atoms with Crippen molar-refractivity contribution in [2.45, 2.75) is 37.0 Å². The van der Waals surface area contributed by atoms with Crippen LogP contribution in [0.3, 0.4) is 0 Å². The number of rotatable bonds is 4. The molecule has 0 radical (unpaired) electrons. The molecule has 4 unspecified atom stereocenters. The van der Waals surface area contributed by atoms with Crippen molar-refractivity contribution in [3.63, 3.8) is 0 Å². The Morgan fingerprint density at radius 3 is 2.64 bits per heavy atom. The zero-order valence-corrected chi connectivity index (χ0v) is 18.8. The topological polar surface area (TPSA) is 158 Å². The molecular weight excluding hydrogens is 485 g/mol. The van der Waals surface area contributed by atoms with Crippen LogP contribution in [0.1, 0.15) is 23.0 Å². The SMILES string of the molecule is CC1[C@@H](OC(=O)c2ccc(-c3ccccc3C(F)(F)F)o2)CN2C(=N)NC(CO)C3NC(=N)N(O)C312. The zero-order chi connectivity index (χ0) is 26.0. The maximum absolute atomic E-state index is 13.4. The number of carbonyl (C=O) groups excluding carboxylic acids is 1. The van der Waals surface area contributed by atoms with Crippen LogP contribution in [-0.2, 0) is 10.9 Å². The number of guanidine groups is 2. The normalized spacial score (nSPS) is 29.5. The number of aliphatic hydroxyl groups is 1. The molecule has 3 saturated heterocycles. The number of esters is 1. The largest absolute Gasteiger partial charge is 0.454 e. The average Bonchev–Trinajstić information content (AvgIpc) is 3.51. The van der Waals surface area contributed by atoms with Crippen LogP contribution in [0, 0.1) is 16.7 Å². The number of carbonyl (C=O) groups is 1. The first-order valence-corrected chi connectivity index (χ1v) is 11.0. The summed E-state index contributed by atoms with van der Waals surface area (Å²) in [6.45, 7) is 1.26. The second-order valence-electron chi connectivity index (χ2n) is 8.90. The second kappa shape index (κ2) is 8.13. The lowest BCUT2D eigenvalue weighted by Crippen LogP contribution is -2.75. The van der Waals surface area contributed by atoms with Gasteiger partial charge in [0.05, 0.1) is 30.8 Å².